The van der Waals surface area contributed by atoms with Gasteiger partial charge in [-0.3, -0.25) is 0 Å². The van der Waals surface area contributed by atoms with Crippen molar-refractivity contribution >= 4 is 21.9 Å². The molecule has 0 aliphatic rings. The maximum Gasteiger partial charge on any atom is 0.342 e. The highest BCUT2D eigenvalue weighted by Gasteiger charge is 2.17. The van der Waals surface area contributed by atoms with Gasteiger partial charge in [0, 0.05) is 10.5 Å². The zero-order valence-corrected chi connectivity index (χ0v) is 9.29. The zero-order chi connectivity index (χ0) is 10.7. The number of carbonyl (C=O) groups excluding carboxylic acids is 1. The summed E-state index contributed by atoms with van der Waals surface area (Å²) in [5.74, 6) is -0.317. The normalized spacial score (nSPS) is 9.64. The summed E-state index contributed by atoms with van der Waals surface area (Å²) < 4.78 is 9.84. The maximum atomic E-state index is 11.2. The highest BCUT2D eigenvalue weighted by Crippen LogP contribution is 2.31. The van der Waals surface area contributed by atoms with E-state index >= 15 is 0 Å². The number of carbonyl (C=O) groups is 1. The van der Waals surface area contributed by atoms with Crippen LogP contribution in [0.25, 0.3) is 0 Å². The number of phenols is 1. The minimum Gasteiger partial charge on any atom is -0.507 e. The fourth-order valence-electron chi connectivity index (χ4n) is 0.990. The Bertz CT molecular complexity index is 339. The second-order valence-electron chi connectivity index (χ2n) is 2.49. The van der Waals surface area contributed by atoms with Gasteiger partial charge in [0.25, 0.3) is 0 Å². The molecule has 76 valence electrons. The summed E-state index contributed by atoms with van der Waals surface area (Å²) in [6.45, 7) is 0. The van der Waals surface area contributed by atoms with Crippen LogP contribution in [0.5, 0.6) is 11.5 Å². The summed E-state index contributed by atoms with van der Waals surface area (Å²) in [7, 11) is 2.72. The molecule has 0 spiro atoms. The van der Waals surface area contributed by atoms with Crippen LogP contribution in [-0.2, 0) is 4.74 Å². The standard InChI is InChI=1S/C9H9BrO4/c1-13-5-3-6(10)8(7(11)4-5)9(12)14-2/h3-4,11H,1-2H3. The van der Waals surface area contributed by atoms with E-state index in [2.05, 4.69) is 20.7 Å². The van der Waals surface area contributed by atoms with Crippen molar-refractivity contribution in [3.63, 3.8) is 0 Å². The molecule has 14 heavy (non-hydrogen) atoms. The first-order chi connectivity index (χ1) is 6.60. The smallest absolute Gasteiger partial charge is 0.342 e. The number of ether oxygens (including phenoxy) is 2. The highest BCUT2D eigenvalue weighted by molar-refractivity contribution is 9.10. The number of methoxy groups -OCH3 is 2. The van der Waals surface area contributed by atoms with Crippen LogP contribution >= 0.6 is 15.9 Å². The van der Waals surface area contributed by atoms with Gasteiger partial charge in [0.1, 0.15) is 17.1 Å². The molecule has 0 aliphatic carbocycles. The van der Waals surface area contributed by atoms with Crippen molar-refractivity contribution in [2.24, 2.45) is 0 Å². The van der Waals surface area contributed by atoms with Crippen LogP contribution in [0.3, 0.4) is 0 Å². The molecule has 0 heterocycles. The number of hydrogen-bond donors (Lipinski definition) is 1. The van der Waals surface area contributed by atoms with E-state index in [1.807, 2.05) is 0 Å². The van der Waals surface area contributed by atoms with Crippen LogP contribution in [0, 0.1) is 0 Å². The monoisotopic (exact) mass is 260 g/mol. The van der Waals surface area contributed by atoms with Gasteiger partial charge in [-0.05, 0) is 22.0 Å². The van der Waals surface area contributed by atoms with Crippen molar-refractivity contribution in [2.75, 3.05) is 14.2 Å². The highest BCUT2D eigenvalue weighted by atomic mass is 79.9. The van der Waals surface area contributed by atoms with Gasteiger partial charge in [-0.1, -0.05) is 0 Å². The van der Waals surface area contributed by atoms with Gasteiger partial charge in [0.05, 0.1) is 14.2 Å². The predicted molar refractivity (Wildman–Crippen MR) is 53.7 cm³/mol. The maximum absolute atomic E-state index is 11.2. The average Bonchev–Trinajstić information content (AvgIpc) is 2.16. The van der Waals surface area contributed by atoms with E-state index in [9.17, 15) is 9.90 Å². The summed E-state index contributed by atoms with van der Waals surface area (Å²) >= 11 is 3.14. The fourth-order valence-corrected chi connectivity index (χ4v) is 1.58. The molecular formula is C9H9BrO4. The molecule has 0 aliphatic heterocycles. The van der Waals surface area contributed by atoms with E-state index in [4.69, 9.17) is 4.74 Å². The van der Waals surface area contributed by atoms with E-state index in [-0.39, 0.29) is 11.3 Å². The molecule has 1 aromatic carbocycles. The van der Waals surface area contributed by atoms with Gasteiger partial charge in [-0.2, -0.15) is 0 Å². The van der Waals surface area contributed by atoms with Crippen LogP contribution in [-0.4, -0.2) is 25.3 Å². The van der Waals surface area contributed by atoms with Crippen LogP contribution in [0.15, 0.2) is 16.6 Å². The number of phenolic OH excluding ortho intramolecular Hbond substituents is 1. The van der Waals surface area contributed by atoms with E-state index in [0.717, 1.165) is 0 Å². The van der Waals surface area contributed by atoms with Gasteiger partial charge < -0.3 is 14.6 Å². The van der Waals surface area contributed by atoms with Crippen molar-refractivity contribution in [1.29, 1.82) is 0 Å². The predicted octanol–water partition coefficient (Wildman–Crippen LogP) is 1.95. The summed E-state index contributed by atoms with van der Waals surface area (Å²) in [5.41, 5.74) is 0.0910. The molecule has 1 aromatic rings. The number of halogens is 1. The number of aromatic hydroxyl groups is 1. The Balaban J connectivity index is 3.25. The van der Waals surface area contributed by atoms with Crippen LogP contribution in [0.2, 0.25) is 0 Å². The molecule has 5 heteroatoms. The molecule has 0 unspecified atom stereocenters. The Morgan fingerprint density at radius 3 is 2.50 bits per heavy atom. The molecule has 0 fully saturated rings. The lowest BCUT2D eigenvalue weighted by Crippen LogP contribution is -2.03. The summed E-state index contributed by atoms with van der Waals surface area (Å²) in [5, 5.41) is 9.49. The lowest BCUT2D eigenvalue weighted by atomic mass is 10.2. The number of hydrogen-bond acceptors (Lipinski definition) is 4. The first kappa shape index (κ1) is 10.8. The average molecular weight is 261 g/mol. The Kier molecular flexibility index (Phi) is 3.35. The molecule has 1 N–H and O–H groups in total. The van der Waals surface area contributed by atoms with Gasteiger partial charge in [0.15, 0.2) is 0 Å². The molecule has 0 radical (unpaired) electrons. The van der Waals surface area contributed by atoms with Gasteiger partial charge in [-0.25, -0.2) is 4.79 Å². The lowest BCUT2D eigenvalue weighted by Gasteiger charge is -2.07. The van der Waals surface area contributed by atoms with Crippen LogP contribution in [0.4, 0.5) is 0 Å². The lowest BCUT2D eigenvalue weighted by molar-refractivity contribution is 0.0596. The molecule has 0 bridgehead atoms. The first-order valence-corrected chi connectivity index (χ1v) is 4.54. The van der Waals surface area contributed by atoms with Gasteiger partial charge in [0.2, 0.25) is 0 Å². The third-order valence-corrected chi connectivity index (χ3v) is 2.29. The second-order valence-corrected chi connectivity index (χ2v) is 3.35. The van der Waals surface area contributed by atoms with Crippen molar-refractivity contribution in [3.8, 4) is 11.5 Å². The minimum absolute atomic E-state index is 0.0910. The summed E-state index contributed by atoms with van der Waals surface area (Å²) in [4.78, 5) is 11.2. The number of rotatable bonds is 2. The van der Waals surface area contributed by atoms with Crippen molar-refractivity contribution in [3.05, 3.63) is 22.2 Å². The van der Waals surface area contributed by atoms with E-state index < -0.39 is 5.97 Å². The van der Waals surface area contributed by atoms with Crippen molar-refractivity contribution in [2.45, 2.75) is 0 Å². The molecule has 0 saturated carbocycles. The molecule has 1 rings (SSSR count). The van der Waals surface area contributed by atoms with Gasteiger partial charge >= 0.3 is 5.97 Å². The van der Waals surface area contributed by atoms with Crippen molar-refractivity contribution in [1.82, 2.24) is 0 Å². The Morgan fingerprint density at radius 1 is 1.43 bits per heavy atom. The number of benzene rings is 1. The second kappa shape index (κ2) is 4.32. The Labute approximate surface area is 89.6 Å². The third kappa shape index (κ3) is 1.98. The SMILES string of the molecule is COC(=O)c1c(O)cc(OC)cc1Br. The number of esters is 1. The largest absolute Gasteiger partial charge is 0.507 e. The molecule has 0 saturated heterocycles. The van der Waals surface area contributed by atoms with E-state index in [1.54, 1.807) is 6.07 Å². The summed E-state index contributed by atoms with van der Waals surface area (Å²) in [6, 6.07) is 2.92. The minimum atomic E-state index is -0.600. The van der Waals surface area contributed by atoms with Crippen LogP contribution < -0.4 is 4.74 Å². The van der Waals surface area contributed by atoms with E-state index in [1.165, 1.54) is 20.3 Å². The van der Waals surface area contributed by atoms with Gasteiger partial charge in [-0.15, -0.1) is 0 Å². The molecule has 0 atom stereocenters. The molecule has 0 aromatic heterocycles. The van der Waals surface area contributed by atoms with Crippen LogP contribution in [0.1, 0.15) is 10.4 Å². The Morgan fingerprint density at radius 2 is 2.07 bits per heavy atom. The quantitative estimate of drug-likeness (QED) is 0.826. The molecule has 0 amide bonds. The molecular weight excluding hydrogens is 252 g/mol. The fraction of sp³-hybridized carbons (Fsp3) is 0.222. The van der Waals surface area contributed by atoms with E-state index in [0.29, 0.717) is 10.2 Å². The third-order valence-electron chi connectivity index (χ3n) is 1.67. The zero-order valence-electron chi connectivity index (χ0n) is 7.70. The summed E-state index contributed by atoms with van der Waals surface area (Å²) in [6.07, 6.45) is 0. The first-order valence-electron chi connectivity index (χ1n) is 3.75. The Hall–Kier alpha value is -1.23. The topological polar surface area (TPSA) is 55.8 Å². The van der Waals surface area contributed by atoms with Crippen molar-refractivity contribution < 1.29 is 19.4 Å². The molecule has 4 nitrogen and oxygen atoms in total.